The molecule has 0 aliphatic carbocycles. The molecular formula is C39H56BrN3O7. The van der Waals surface area contributed by atoms with Gasteiger partial charge in [0, 0.05) is 23.3 Å². The molecule has 0 saturated carbocycles. The molecule has 8 atom stereocenters. The van der Waals surface area contributed by atoms with Gasteiger partial charge in [0.1, 0.15) is 17.7 Å². The van der Waals surface area contributed by atoms with Crippen molar-refractivity contribution in [3.8, 4) is 0 Å². The van der Waals surface area contributed by atoms with Gasteiger partial charge in [-0.2, -0.15) is 0 Å². The highest BCUT2D eigenvalue weighted by atomic mass is 79.9. The highest BCUT2D eigenvalue weighted by Gasteiger charge is 2.78. The summed E-state index contributed by atoms with van der Waals surface area (Å²) in [5.74, 6) is -3.76. The van der Waals surface area contributed by atoms with Gasteiger partial charge in [0.15, 0.2) is 0 Å². The van der Waals surface area contributed by atoms with Gasteiger partial charge in [-0.05, 0) is 50.0 Å². The third-order valence-corrected chi connectivity index (χ3v) is 11.2. The molecule has 3 saturated heterocycles. The Morgan fingerprint density at radius 3 is 2.38 bits per heavy atom. The molecule has 276 valence electrons. The zero-order chi connectivity index (χ0) is 37.2. The number of aliphatic hydroxyl groups excluding tert-OH is 1. The normalized spacial score (nSPS) is 27.1. The number of likely N-dealkylation sites (tertiary alicyclic amines) is 1. The molecule has 0 radical (unpaired) electrons. The van der Waals surface area contributed by atoms with Gasteiger partial charge in [-0.1, -0.05) is 93.0 Å². The monoisotopic (exact) mass is 757 g/mol. The minimum Gasteiger partial charge on any atom is -0.455 e. The van der Waals surface area contributed by atoms with Crippen LogP contribution in [0.25, 0.3) is 0 Å². The van der Waals surface area contributed by atoms with Gasteiger partial charge < -0.3 is 29.7 Å². The van der Waals surface area contributed by atoms with Crippen molar-refractivity contribution in [2.75, 3.05) is 19.7 Å². The lowest BCUT2D eigenvalue weighted by Crippen LogP contribution is -2.63. The average molecular weight is 759 g/mol. The smallest absolute Gasteiger partial charge is 0.313 e. The van der Waals surface area contributed by atoms with Gasteiger partial charge in [-0.3, -0.25) is 19.2 Å². The summed E-state index contributed by atoms with van der Waals surface area (Å²) in [5, 5.41) is 13.5. The Balaban J connectivity index is 1.76. The number of esters is 1. The second-order valence-electron chi connectivity index (χ2n) is 16.2. The van der Waals surface area contributed by atoms with Crippen LogP contribution in [0.4, 0.5) is 0 Å². The quantitative estimate of drug-likeness (QED) is 0.132. The number of amides is 3. The number of carbonyl (C=O) groups is 4. The zero-order valence-corrected chi connectivity index (χ0v) is 32.3. The Morgan fingerprint density at radius 1 is 1.16 bits per heavy atom. The Morgan fingerprint density at radius 2 is 1.82 bits per heavy atom. The lowest BCUT2D eigenvalue weighted by atomic mass is 9.70. The number of halogens is 1. The standard InChI is InChI=1S/C39H56BrN3O7/c1-10-12-18-29(45)41-21-28(25-16-14-13-15-17-25)49-36(48)30-31-34(46)43(27(22-44)24(3)4)33(39(31)20-26(40)32(30)50-39)35(47)42(19-11-2)38(8,9)23-37(5,6)7/h10-11,13-17,24,26-28,30-33,44H,1-2,12,18-23H2,3-9H3,(H,41,45)/t26?,27-,28+,30-,31+,32-,33-,39+/m0/s1. The van der Waals surface area contributed by atoms with Crippen LogP contribution in [0, 0.1) is 23.2 Å². The summed E-state index contributed by atoms with van der Waals surface area (Å²) in [6.45, 7) is 21.7. The van der Waals surface area contributed by atoms with E-state index in [0.29, 0.717) is 24.8 Å². The van der Waals surface area contributed by atoms with Crippen LogP contribution in [0.3, 0.4) is 0 Å². The highest BCUT2D eigenvalue weighted by molar-refractivity contribution is 9.09. The van der Waals surface area contributed by atoms with E-state index in [9.17, 15) is 19.5 Å². The molecule has 3 amide bonds. The fourth-order valence-corrected chi connectivity index (χ4v) is 9.48. The van der Waals surface area contributed by atoms with Crippen molar-refractivity contribution in [1.82, 2.24) is 15.1 Å². The van der Waals surface area contributed by atoms with Crippen molar-refractivity contribution in [3.63, 3.8) is 0 Å². The predicted octanol–water partition coefficient (Wildman–Crippen LogP) is 5.35. The molecule has 3 aliphatic heterocycles. The van der Waals surface area contributed by atoms with Gasteiger partial charge in [0.05, 0.1) is 37.1 Å². The van der Waals surface area contributed by atoms with Crippen LogP contribution in [0.1, 0.15) is 85.8 Å². The second kappa shape index (κ2) is 15.7. The van der Waals surface area contributed by atoms with Crippen molar-refractivity contribution < 1.29 is 33.8 Å². The Hall–Kier alpha value is -3.02. The zero-order valence-electron chi connectivity index (χ0n) is 30.7. The molecule has 2 bridgehead atoms. The molecule has 3 heterocycles. The third-order valence-electron chi connectivity index (χ3n) is 10.3. The summed E-state index contributed by atoms with van der Waals surface area (Å²) >= 11 is 3.75. The first-order valence-corrected chi connectivity index (χ1v) is 18.7. The van der Waals surface area contributed by atoms with Crippen LogP contribution in [0.5, 0.6) is 0 Å². The molecular weight excluding hydrogens is 702 g/mol. The molecule has 1 aromatic carbocycles. The third kappa shape index (κ3) is 7.89. The first-order valence-electron chi connectivity index (χ1n) is 17.7. The number of nitrogens with one attached hydrogen (secondary N) is 1. The van der Waals surface area contributed by atoms with Crippen molar-refractivity contribution in [3.05, 3.63) is 61.2 Å². The van der Waals surface area contributed by atoms with Gasteiger partial charge in [-0.15, -0.1) is 13.2 Å². The molecule has 1 spiro atoms. The van der Waals surface area contributed by atoms with Crippen LogP contribution in [0.15, 0.2) is 55.6 Å². The topological polar surface area (TPSA) is 125 Å². The number of hydrogen-bond acceptors (Lipinski definition) is 7. The van der Waals surface area contributed by atoms with Gasteiger partial charge in [0.2, 0.25) is 17.7 Å². The van der Waals surface area contributed by atoms with E-state index in [2.05, 4.69) is 55.2 Å². The van der Waals surface area contributed by atoms with Crippen LogP contribution in [-0.2, 0) is 28.7 Å². The number of alkyl halides is 1. The van der Waals surface area contributed by atoms with E-state index >= 15 is 4.79 Å². The number of carbonyl (C=O) groups excluding carboxylic acids is 4. The molecule has 1 unspecified atom stereocenters. The lowest BCUT2D eigenvalue weighted by Gasteiger charge is -2.47. The van der Waals surface area contributed by atoms with Crippen molar-refractivity contribution in [2.24, 2.45) is 23.2 Å². The van der Waals surface area contributed by atoms with Gasteiger partial charge in [0.25, 0.3) is 0 Å². The number of aliphatic hydroxyl groups is 1. The fraction of sp³-hybridized carbons (Fsp3) is 0.641. The van der Waals surface area contributed by atoms with Crippen molar-refractivity contribution >= 4 is 39.6 Å². The number of fused-ring (bicyclic) bond motifs is 1. The molecule has 0 aromatic heterocycles. The number of nitrogens with zero attached hydrogens (tertiary/aromatic N) is 2. The van der Waals surface area contributed by atoms with E-state index in [1.807, 2.05) is 58.0 Å². The summed E-state index contributed by atoms with van der Waals surface area (Å²) < 4.78 is 13.0. The maximum atomic E-state index is 15.1. The van der Waals surface area contributed by atoms with E-state index in [4.69, 9.17) is 9.47 Å². The van der Waals surface area contributed by atoms with Crippen molar-refractivity contribution in [2.45, 2.75) is 114 Å². The van der Waals surface area contributed by atoms with E-state index in [-0.39, 0.29) is 54.1 Å². The number of allylic oxidation sites excluding steroid dienone is 1. The van der Waals surface area contributed by atoms with Crippen LogP contribution >= 0.6 is 15.9 Å². The van der Waals surface area contributed by atoms with E-state index in [1.54, 1.807) is 17.1 Å². The summed E-state index contributed by atoms with van der Waals surface area (Å²) in [4.78, 5) is 59.8. The predicted molar refractivity (Wildman–Crippen MR) is 196 cm³/mol. The largest absolute Gasteiger partial charge is 0.455 e. The number of hydrogen-bond donors (Lipinski definition) is 2. The summed E-state index contributed by atoms with van der Waals surface area (Å²) in [5.41, 5.74) is -1.38. The second-order valence-corrected chi connectivity index (χ2v) is 17.3. The van der Waals surface area contributed by atoms with Crippen LogP contribution in [0.2, 0.25) is 0 Å². The van der Waals surface area contributed by atoms with Gasteiger partial charge in [-0.25, -0.2) is 0 Å². The molecule has 3 fully saturated rings. The maximum absolute atomic E-state index is 15.1. The van der Waals surface area contributed by atoms with Gasteiger partial charge >= 0.3 is 5.97 Å². The Bertz CT molecular complexity index is 1430. The van der Waals surface area contributed by atoms with Crippen molar-refractivity contribution in [1.29, 1.82) is 0 Å². The molecule has 1 aromatic rings. The SMILES string of the molecule is C=CCCC(=O)NC[C@@H](OC(=O)[C@@H]1[C@H]2O[C@@]3(CC2Br)[C@H](C(=O)N(CC=C)C(C)(C)CC(C)(C)C)N([C@@H](CO)C(C)C)C(=O)[C@@H]13)c1ccccc1. The molecule has 11 heteroatoms. The summed E-state index contributed by atoms with van der Waals surface area (Å²) in [7, 11) is 0. The molecule has 4 rings (SSSR count). The first-order chi connectivity index (χ1) is 23.4. The lowest BCUT2D eigenvalue weighted by molar-refractivity contribution is -0.162. The maximum Gasteiger partial charge on any atom is 0.313 e. The fourth-order valence-electron chi connectivity index (χ4n) is 8.54. The Labute approximate surface area is 306 Å². The number of benzene rings is 1. The average Bonchev–Trinajstić information content (AvgIpc) is 3.63. The van der Waals surface area contributed by atoms with E-state index in [1.165, 1.54) is 4.90 Å². The Kier molecular flexibility index (Phi) is 12.5. The molecule has 2 N–H and O–H groups in total. The number of rotatable bonds is 16. The molecule has 10 nitrogen and oxygen atoms in total. The van der Waals surface area contributed by atoms with Crippen LogP contribution in [-0.4, -0.2) is 92.4 Å². The summed E-state index contributed by atoms with van der Waals surface area (Å²) in [6.07, 6.45) is 3.56. The summed E-state index contributed by atoms with van der Waals surface area (Å²) in [6, 6.07) is 7.36. The van der Waals surface area contributed by atoms with Crippen LogP contribution < -0.4 is 5.32 Å². The number of ether oxygens (including phenoxy) is 2. The highest BCUT2D eigenvalue weighted by Crippen LogP contribution is 2.61. The minimum absolute atomic E-state index is 0.0397. The molecule has 50 heavy (non-hydrogen) atoms. The minimum atomic E-state index is -1.34. The van der Waals surface area contributed by atoms with E-state index < -0.39 is 59.1 Å². The molecule has 3 aliphatic rings. The first kappa shape index (κ1) is 39.8. The van der Waals surface area contributed by atoms with E-state index in [0.717, 1.165) is 0 Å².